The molecule has 0 unspecified atom stereocenters. The van der Waals surface area contributed by atoms with Crippen LogP contribution in [0.1, 0.15) is 10.4 Å². The zero-order valence-corrected chi connectivity index (χ0v) is 8.29. The quantitative estimate of drug-likeness (QED) is 0.653. The molecular weight excluding hydrogens is 204 g/mol. The van der Waals surface area contributed by atoms with Crippen LogP contribution in [0.2, 0.25) is 0 Å². The fourth-order valence-corrected chi connectivity index (χ4v) is 1.74. The maximum absolute atomic E-state index is 11.0. The molecule has 0 saturated carbocycles. The number of aromatic nitrogens is 3. The molecule has 0 aliphatic rings. The Morgan fingerprint density at radius 2 is 2.19 bits per heavy atom. The van der Waals surface area contributed by atoms with E-state index < -0.39 is 5.91 Å². The number of rotatable bonds is 1. The van der Waals surface area contributed by atoms with E-state index >= 15 is 0 Å². The van der Waals surface area contributed by atoms with Crippen molar-refractivity contribution in [3.05, 3.63) is 42.4 Å². The Kier molecular flexibility index (Phi) is 1.67. The Bertz CT molecular complexity index is 701. The predicted octanol–water partition coefficient (Wildman–Crippen LogP) is 0.981. The molecule has 0 saturated heterocycles. The van der Waals surface area contributed by atoms with E-state index in [9.17, 15) is 4.79 Å². The molecule has 78 valence electrons. The fourth-order valence-electron chi connectivity index (χ4n) is 1.74. The molecule has 3 aromatic rings. The van der Waals surface area contributed by atoms with E-state index in [2.05, 4.69) is 9.97 Å². The van der Waals surface area contributed by atoms with E-state index in [1.807, 2.05) is 16.7 Å². The molecule has 0 fully saturated rings. The Balaban J connectivity index is 2.41. The van der Waals surface area contributed by atoms with Crippen LogP contribution in [0.5, 0.6) is 0 Å². The molecule has 5 nitrogen and oxygen atoms in total. The molecule has 2 N–H and O–H groups in total. The first kappa shape index (κ1) is 8.84. The molecule has 0 aliphatic heterocycles. The number of hydrogen-bond donors (Lipinski definition) is 1. The standard InChI is InChI=1S/C11H8N4O/c12-10(16)7-1-2-9-8(5-7)6-14-11-13-3-4-15(9)11/h1-6H,(H2,12,16). The van der Waals surface area contributed by atoms with Crippen LogP contribution >= 0.6 is 0 Å². The maximum Gasteiger partial charge on any atom is 0.248 e. The molecule has 2 aromatic heterocycles. The number of imidazole rings is 1. The molecular formula is C11H8N4O. The van der Waals surface area contributed by atoms with Crippen LogP contribution in [-0.4, -0.2) is 20.3 Å². The van der Waals surface area contributed by atoms with Crippen molar-refractivity contribution in [1.29, 1.82) is 0 Å². The maximum atomic E-state index is 11.0. The second kappa shape index (κ2) is 3.03. The van der Waals surface area contributed by atoms with Gasteiger partial charge in [-0.15, -0.1) is 0 Å². The minimum Gasteiger partial charge on any atom is -0.366 e. The Hall–Kier alpha value is -2.43. The zero-order chi connectivity index (χ0) is 11.1. The van der Waals surface area contributed by atoms with Gasteiger partial charge in [-0.2, -0.15) is 0 Å². The number of primary amides is 1. The second-order valence-corrected chi connectivity index (χ2v) is 3.49. The summed E-state index contributed by atoms with van der Waals surface area (Å²) in [6.07, 6.45) is 5.20. The van der Waals surface area contributed by atoms with Crippen LogP contribution in [0, 0.1) is 0 Å². The molecule has 5 heteroatoms. The van der Waals surface area contributed by atoms with Gasteiger partial charge in [0.05, 0.1) is 5.52 Å². The number of carbonyl (C=O) groups is 1. The molecule has 0 aliphatic carbocycles. The molecule has 0 spiro atoms. The summed E-state index contributed by atoms with van der Waals surface area (Å²) < 4.78 is 1.86. The lowest BCUT2D eigenvalue weighted by Crippen LogP contribution is -2.10. The van der Waals surface area contributed by atoms with Crippen LogP contribution < -0.4 is 5.73 Å². The summed E-state index contributed by atoms with van der Waals surface area (Å²) >= 11 is 0. The fraction of sp³-hybridized carbons (Fsp3) is 0. The minimum absolute atomic E-state index is 0.437. The van der Waals surface area contributed by atoms with Crippen LogP contribution in [0.15, 0.2) is 36.8 Å². The number of amides is 1. The van der Waals surface area contributed by atoms with E-state index in [0.717, 1.165) is 10.9 Å². The molecule has 0 bridgehead atoms. The largest absolute Gasteiger partial charge is 0.366 e. The van der Waals surface area contributed by atoms with Gasteiger partial charge in [0.2, 0.25) is 11.7 Å². The molecule has 1 amide bonds. The summed E-state index contributed by atoms with van der Waals surface area (Å²) in [5.74, 6) is 0.201. The second-order valence-electron chi connectivity index (χ2n) is 3.49. The topological polar surface area (TPSA) is 73.3 Å². The van der Waals surface area contributed by atoms with Gasteiger partial charge in [0.1, 0.15) is 0 Å². The van der Waals surface area contributed by atoms with Gasteiger partial charge in [-0.05, 0) is 18.2 Å². The average molecular weight is 212 g/mol. The summed E-state index contributed by atoms with van der Waals surface area (Å²) in [6, 6.07) is 5.26. The Labute approximate surface area is 90.5 Å². The monoisotopic (exact) mass is 212 g/mol. The highest BCUT2D eigenvalue weighted by atomic mass is 16.1. The molecule has 3 rings (SSSR count). The highest BCUT2D eigenvalue weighted by Crippen LogP contribution is 2.16. The van der Waals surface area contributed by atoms with Gasteiger partial charge in [0.25, 0.3) is 0 Å². The number of carbonyl (C=O) groups excluding carboxylic acids is 1. The summed E-state index contributed by atoms with van der Waals surface area (Å²) in [5.41, 5.74) is 6.65. The molecule has 0 atom stereocenters. The van der Waals surface area contributed by atoms with Crippen molar-refractivity contribution >= 4 is 22.6 Å². The third-order valence-electron chi connectivity index (χ3n) is 2.51. The third-order valence-corrected chi connectivity index (χ3v) is 2.51. The van der Waals surface area contributed by atoms with E-state index in [1.54, 1.807) is 24.5 Å². The van der Waals surface area contributed by atoms with Crippen LogP contribution in [0.4, 0.5) is 0 Å². The lowest BCUT2D eigenvalue weighted by Gasteiger charge is -2.02. The van der Waals surface area contributed by atoms with Gasteiger partial charge >= 0.3 is 0 Å². The van der Waals surface area contributed by atoms with Crippen molar-refractivity contribution in [2.24, 2.45) is 5.73 Å². The van der Waals surface area contributed by atoms with E-state index in [1.165, 1.54) is 0 Å². The first-order chi connectivity index (χ1) is 7.75. The van der Waals surface area contributed by atoms with Crippen molar-refractivity contribution in [1.82, 2.24) is 14.4 Å². The van der Waals surface area contributed by atoms with Crippen molar-refractivity contribution in [2.45, 2.75) is 0 Å². The van der Waals surface area contributed by atoms with Gasteiger partial charge in [0.15, 0.2) is 0 Å². The Morgan fingerprint density at radius 1 is 1.31 bits per heavy atom. The van der Waals surface area contributed by atoms with E-state index in [4.69, 9.17) is 5.73 Å². The number of nitrogens with two attached hydrogens (primary N) is 1. The van der Waals surface area contributed by atoms with Crippen molar-refractivity contribution in [3.8, 4) is 0 Å². The summed E-state index contributed by atoms with van der Waals surface area (Å²) in [4.78, 5) is 19.3. The first-order valence-electron chi connectivity index (χ1n) is 4.77. The van der Waals surface area contributed by atoms with Crippen LogP contribution in [0.3, 0.4) is 0 Å². The lowest BCUT2D eigenvalue weighted by molar-refractivity contribution is 0.100. The molecule has 2 heterocycles. The molecule has 16 heavy (non-hydrogen) atoms. The van der Waals surface area contributed by atoms with Crippen molar-refractivity contribution in [2.75, 3.05) is 0 Å². The van der Waals surface area contributed by atoms with E-state index in [-0.39, 0.29) is 0 Å². The van der Waals surface area contributed by atoms with Crippen molar-refractivity contribution < 1.29 is 4.79 Å². The smallest absolute Gasteiger partial charge is 0.248 e. The van der Waals surface area contributed by atoms with Gasteiger partial charge in [0, 0.05) is 29.5 Å². The van der Waals surface area contributed by atoms with Gasteiger partial charge in [-0.1, -0.05) is 0 Å². The minimum atomic E-state index is -0.437. The van der Waals surface area contributed by atoms with Gasteiger partial charge < -0.3 is 5.73 Å². The van der Waals surface area contributed by atoms with Crippen LogP contribution in [-0.2, 0) is 0 Å². The summed E-state index contributed by atoms with van der Waals surface area (Å²) in [7, 11) is 0. The van der Waals surface area contributed by atoms with Crippen LogP contribution in [0.25, 0.3) is 16.7 Å². The predicted molar refractivity (Wildman–Crippen MR) is 59.0 cm³/mol. The Morgan fingerprint density at radius 3 is 3.00 bits per heavy atom. The highest BCUT2D eigenvalue weighted by Gasteiger charge is 2.05. The third kappa shape index (κ3) is 1.15. The summed E-state index contributed by atoms with van der Waals surface area (Å²) in [6.45, 7) is 0. The molecule has 0 radical (unpaired) electrons. The zero-order valence-electron chi connectivity index (χ0n) is 8.29. The number of nitrogens with zero attached hydrogens (tertiary/aromatic N) is 3. The highest BCUT2D eigenvalue weighted by molar-refractivity contribution is 5.97. The summed E-state index contributed by atoms with van der Waals surface area (Å²) in [5, 5.41) is 0.863. The first-order valence-corrected chi connectivity index (χ1v) is 4.77. The lowest BCUT2D eigenvalue weighted by atomic mass is 10.1. The van der Waals surface area contributed by atoms with Crippen molar-refractivity contribution in [3.63, 3.8) is 0 Å². The molecule has 1 aromatic carbocycles. The SMILES string of the molecule is NC(=O)c1ccc2c(cnc3nccn32)c1. The number of fused-ring (bicyclic) bond motifs is 3. The number of hydrogen-bond acceptors (Lipinski definition) is 3. The van der Waals surface area contributed by atoms with E-state index in [0.29, 0.717) is 11.3 Å². The number of benzene rings is 1. The van der Waals surface area contributed by atoms with Gasteiger partial charge in [-0.3, -0.25) is 9.20 Å². The van der Waals surface area contributed by atoms with Gasteiger partial charge in [-0.25, -0.2) is 9.97 Å². The average Bonchev–Trinajstić information content (AvgIpc) is 2.76. The normalized spacial score (nSPS) is 11.0.